The molecule has 2 amide bonds. The van der Waals surface area contributed by atoms with E-state index in [1.54, 1.807) is 6.08 Å². The number of urea groups is 1. The van der Waals surface area contributed by atoms with Gasteiger partial charge in [-0.05, 0) is 24.5 Å². The molecule has 1 aromatic carbocycles. The molecule has 1 atom stereocenters. The predicted molar refractivity (Wildman–Crippen MR) is 80.8 cm³/mol. The fraction of sp³-hybridized carbons (Fsp3) is 0.312. The van der Waals surface area contributed by atoms with Crippen molar-refractivity contribution in [1.29, 1.82) is 0 Å². The summed E-state index contributed by atoms with van der Waals surface area (Å²) in [5.74, 6) is 0. The Hall–Kier alpha value is -2.23. The van der Waals surface area contributed by atoms with Crippen molar-refractivity contribution in [1.82, 2.24) is 15.6 Å². The first-order chi connectivity index (χ1) is 9.78. The van der Waals surface area contributed by atoms with E-state index >= 15 is 0 Å². The molecule has 0 aliphatic heterocycles. The maximum atomic E-state index is 11.7. The van der Waals surface area contributed by atoms with Gasteiger partial charge in [-0.15, -0.1) is 6.58 Å². The highest BCUT2D eigenvalue weighted by Gasteiger charge is 2.23. The molecule has 0 saturated carbocycles. The van der Waals surface area contributed by atoms with Gasteiger partial charge in [0.25, 0.3) is 0 Å². The molecule has 4 heteroatoms. The van der Waals surface area contributed by atoms with Crippen LogP contribution in [-0.2, 0) is 12.8 Å². The van der Waals surface area contributed by atoms with Crippen LogP contribution in [0.5, 0.6) is 0 Å². The third-order valence-electron chi connectivity index (χ3n) is 3.84. The maximum absolute atomic E-state index is 11.7. The van der Waals surface area contributed by atoms with Gasteiger partial charge in [-0.3, -0.25) is 0 Å². The molecule has 104 valence electrons. The van der Waals surface area contributed by atoms with Crippen molar-refractivity contribution in [3.63, 3.8) is 0 Å². The highest BCUT2D eigenvalue weighted by Crippen LogP contribution is 2.28. The second-order valence-corrected chi connectivity index (χ2v) is 5.21. The minimum absolute atomic E-state index is 0.116. The number of aryl methyl sites for hydroxylation is 1. The molecule has 3 rings (SSSR count). The van der Waals surface area contributed by atoms with Crippen LogP contribution in [0.2, 0.25) is 0 Å². The molecule has 1 aromatic heterocycles. The smallest absolute Gasteiger partial charge is 0.315 e. The van der Waals surface area contributed by atoms with Gasteiger partial charge in [-0.2, -0.15) is 0 Å². The Bertz CT molecular complexity index is 644. The lowest BCUT2D eigenvalue weighted by Crippen LogP contribution is -2.44. The van der Waals surface area contributed by atoms with E-state index in [9.17, 15) is 4.79 Å². The Labute approximate surface area is 118 Å². The number of para-hydroxylation sites is 1. The summed E-state index contributed by atoms with van der Waals surface area (Å²) in [6, 6.07) is 8.46. The first-order valence-corrected chi connectivity index (χ1v) is 7.01. The summed E-state index contributed by atoms with van der Waals surface area (Å²) in [6.07, 6.45) is 4.53. The third-order valence-corrected chi connectivity index (χ3v) is 3.84. The lowest BCUT2D eigenvalue weighted by atomic mass is 9.92. The van der Waals surface area contributed by atoms with Crippen LogP contribution in [-0.4, -0.2) is 23.6 Å². The number of amides is 2. The van der Waals surface area contributed by atoms with Gasteiger partial charge in [0.05, 0.1) is 0 Å². The van der Waals surface area contributed by atoms with Crippen molar-refractivity contribution in [2.75, 3.05) is 6.54 Å². The van der Waals surface area contributed by atoms with E-state index in [0.29, 0.717) is 6.54 Å². The average molecular weight is 269 g/mol. The number of H-pyrrole nitrogens is 1. The first-order valence-electron chi connectivity index (χ1n) is 7.01. The molecule has 2 aromatic rings. The van der Waals surface area contributed by atoms with Crippen LogP contribution in [0.15, 0.2) is 36.9 Å². The SMILES string of the molecule is C=CCNC(=O)NC1CCc2c([nH]c3ccccc23)C1. The van der Waals surface area contributed by atoms with Crippen molar-refractivity contribution >= 4 is 16.9 Å². The second kappa shape index (κ2) is 5.41. The molecule has 3 N–H and O–H groups in total. The van der Waals surface area contributed by atoms with Crippen LogP contribution >= 0.6 is 0 Å². The molecule has 1 aliphatic carbocycles. The second-order valence-electron chi connectivity index (χ2n) is 5.21. The molecular formula is C16H19N3O. The van der Waals surface area contributed by atoms with Gasteiger partial charge >= 0.3 is 6.03 Å². The van der Waals surface area contributed by atoms with Crippen LogP contribution in [0, 0.1) is 0 Å². The van der Waals surface area contributed by atoms with Crippen molar-refractivity contribution in [3.8, 4) is 0 Å². The van der Waals surface area contributed by atoms with Crippen LogP contribution in [0.4, 0.5) is 4.79 Å². The van der Waals surface area contributed by atoms with E-state index in [-0.39, 0.29) is 12.1 Å². The summed E-state index contributed by atoms with van der Waals surface area (Å²) in [4.78, 5) is 15.1. The summed E-state index contributed by atoms with van der Waals surface area (Å²) in [6.45, 7) is 4.08. The molecule has 0 spiro atoms. The van der Waals surface area contributed by atoms with Gasteiger partial charge < -0.3 is 15.6 Å². The highest BCUT2D eigenvalue weighted by molar-refractivity contribution is 5.85. The number of carbonyl (C=O) groups excluding carboxylic acids is 1. The lowest BCUT2D eigenvalue weighted by Gasteiger charge is -2.23. The molecule has 0 radical (unpaired) electrons. The standard InChI is InChI=1S/C16H19N3O/c1-2-9-17-16(20)18-11-7-8-13-12-5-3-4-6-14(12)19-15(13)10-11/h2-6,11,19H,1,7-10H2,(H2,17,18,20). The van der Waals surface area contributed by atoms with Crippen molar-refractivity contribution in [3.05, 3.63) is 48.2 Å². The molecule has 1 unspecified atom stereocenters. The summed E-state index contributed by atoms with van der Waals surface area (Å²) < 4.78 is 0. The highest BCUT2D eigenvalue weighted by atomic mass is 16.2. The van der Waals surface area contributed by atoms with Crippen LogP contribution in [0.3, 0.4) is 0 Å². The van der Waals surface area contributed by atoms with E-state index < -0.39 is 0 Å². The van der Waals surface area contributed by atoms with E-state index in [1.807, 2.05) is 6.07 Å². The Morgan fingerprint density at radius 3 is 3.15 bits per heavy atom. The zero-order valence-electron chi connectivity index (χ0n) is 11.4. The van der Waals surface area contributed by atoms with E-state index in [2.05, 4.69) is 40.4 Å². The van der Waals surface area contributed by atoms with E-state index in [0.717, 1.165) is 19.3 Å². The third kappa shape index (κ3) is 2.41. The van der Waals surface area contributed by atoms with E-state index in [1.165, 1.54) is 22.2 Å². The molecule has 4 nitrogen and oxygen atoms in total. The van der Waals surface area contributed by atoms with Gasteiger partial charge in [0.15, 0.2) is 0 Å². The zero-order chi connectivity index (χ0) is 13.9. The average Bonchev–Trinajstić information content (AvgIpc) is 2.82. The quantitative estimate of drug-likeness (QED) is 0.737. The van der Waals surface area contributed by atoms with Gasteiger partial charge in [0.1, 0.15) is 0 Å². The number of carbonyl (C=O) groups is 1. The molecule has 20 heavy (non-hydrogen) atoms. The van der Waals surface area contributed by atoms with Crippen molar-refractivity contribution in [2.45, 2.75) is 25.3 Å². The fourth-order valence-electron chi connectivity index (χ4n) is 2.91. The number of aromatic nitrogens is 1. The Balaban J connectivity index is 1.72. The minimum atomic E-state index is -0.116. The summed E-state index contributed by atoms with van der Waals surface area (Å²) in [7, 11) is 0. The van der Waals surface area contributed by atoms with Gasteiger partial charge in [-0.1, -0.05) is 24.3 Å². The fourth-order valence-corrected chi connectivity index (χ4v) is 2.91. The molecular weight excluding hydrogens is 250 g/mol. The number of aromatic amines is 1. The van der Waals surface area contributed by atoms with Crippen LogP contribution in [0.1, 0.15) is 17.7 Å². The molecule has 0 saturated heterocycles. The number of nitrogens with one attached hydrogen (secondary N) is 3. The monoisotopic (exact) mass is 269 g/mol. The molecule has 1 heterocycles. The number of hydrogen-bond acceptors (Lipinski definition) is 1. The van der Waals surface area contributed by atoms with E-state index in [4.69, 9.17) is 0 Å². The topological polar surface area (TPSA) is 56.9 Å². The van der Waals surface area contributed by atoms with Crippen LogP contribution < -0.4 is 10.6 Å². The Morgan fingerprint density at radius 2 is 2.30 bits per heavy atom. The molecule has 0 bridgehead atoms. The van der Waals surface area contributed by atoms with Gasteiger partial charge in [-0.25, -0.2) is 4.79 Å². The van der Waals surface area contributed by atoms with Gasteiger partial charge in [0.2, 0.25) is 0 Å². The number of rotatable bonds is 3. The zero-order valence-corrected chi connectivity index (χ0v) is 11.4. The maximum Gasteiger partial charge on any atom is 0.315 e. The summed E-state index contributed by atoms with van der Waals surface area (Å²) in [5.41, 5.74) is 3.85. The van der Waals surface area contributed by atoms with Crippen molar-refractivity contribution < 1.29 is 4.79 Å². The number of hydrogen-bond donors (Lipinski definition) is 3. The largest absolute Gasteiger partial charge is 0.358 e. The Morgan fingerprint density at radius 1 is 1.45 bits per heavy atom. The molecule has 0 fully saturated rings. The minimum Gasteiger partial charge on any atom is -0.358 e. The van der Waals surface area contributed by atoms with Gasteiger partial charge in [0, 0.05) is 35.6 Å². The normalized spacial score (nSPS) is 17.5. The number of benzene rings is 1. The van der Waals surface area contributed by atoms with Crippen molar-refractivity contribution in [2.24, 2.45) is 0 Å². The first kappa shape index (κ1) is 12.8. The van der Waals surface area contributed by atoms with Crippen LogP contribution in [0.25, 0.3) is 10.9 Å². The Kier molecular flexibility index (Phi) is 3.46. The molecule has 1 aliphatic rings. The lowest BCUT2D eigenvalue weighted by molar-refractivity contribution is 0.236. The number of fused-ring (bicyclic) bond motifs is 3. The summed E-state index contributed by atoms with van der Waals surface area (Å²) >= 11 is 0. The summed E-state index contributed by atoms with van der Waals surface area (Å²) in [5, 5.41) is 7.09. The predicted octanol–water partition coefficient (Wildman–Crippen LogP) is 2.51.